The van der Waals surface area contributed by atoms with Crippen LogP contribution in [0.5, 0.6) is 11.5 Å². The van der Waals surface area contributed by atoms with E-state index in [4.69, 9.17) is 26.4 Å². The monoisotopic (exact) mass is 459 g/mol. The molecule has 0 aromatic heterocycles. The van der Waals surface area contributed by atoms with E-state index in [9.17, 15) is 9.59 Å². The summed E-state index contributed by atoms with van der Waals surface area (Å²) in [7, 11) is 1.59. The van der Waals surface area contributed by atoms with Gasteiger partial charge in [-0.05, 0) is 66.5 Å². The van der Waals surface area contributed by atoms with E-state index in [2.05, 4.69) is 30.0 Å². The topological polar surface area (TPSA) is 97.9 Å². The minimum absolute atomic E-state index is 0.0401. The normalized spacial score (nSPS) is 11.2. The van der Waals surface area contributed by atoms with E-state index in [0.29, 0.717) is 36.2 Å². The first-order valence-electron chi connectivity index (χ1n) is 10.3. The van der Waals surface area contributed by atoms with E-state index in [0.717, 1.165) is 6.42 Å². The van der Waals surface area contributed by atoms with Crippen LogP contribution >= 0.6 is 12.2 Å². The highest BCUT2D eigenvalue weighted by Crippen LogP contribution is 2.21. The second kappa shape index (κ2) is 13.3. The molecule has 0 saturated heterocycles. The Morgan fingerprint density at radius 3 is 2.19 bits per heavy atom. The molecule has 1 atom stereocenters. The van der Waals surface area contributed by atoms with Crippen molar-refractivity contribution in [2.75, 3.05) is 26.9 Å². The van der Waals surface area contributed by atoms with Crippen molar-refractivity contribution in [1.82, 2.24) is 16.2 Å². The first-order chi connectivity index (χ1) is 15.4. The zero-order valence-electron chi connectivity index (χ0n) is 18.5. The Kier molecular flexibility index (Phi) is 10.4. The van der Waals surface area contributed by atoms with Crippen LogP contribution < -0.4 is 25.6 Å². The minimum Gasteiger partial charge on any atom is -0.491 e. The standard InChI is InChI=1S/C23H29N3O5S/c1-4-16(2)17-5-9-20(10-6-17)31-15-21(27)25-26-23(32)24-22(28)18-7-11-19(12-8-18)30-14-13-29-3/h5-12,16H,4,13-15H2,1-3H3,(H,25,27)(H2,24,26,28,32). The fourth-order valence-corrected chi connectivity index (χ4v) is 2.74. The van der Waals surface area contributed by atoms with Crippen LogP contribution in [0.1, 0.15) is 42.1 Å². The molecule has 3 N–H and O–H groups in total. The average molecular weight is 460 g/mol. The summed E-state index contributed by atoms with van der Waals surface area (Å²) >= 11 is 5.04. The number of hydrogen-bond donors (Lipinski definition) is 3. The molecule has 2 rings (SSSR count). The summed E-state index contributed by atoms with van der Waals surface area (Å²) in [6, 6.07) is 14.2. The second-order valence-corrected chi connectivity index (χ2v) is 7.40. The van der Waals surface area contributed by atoms with Crippen LogP contribution in [0.4, 0.5) is 0 Å². The van der Waals surface area contributed by atoms with Crippen molar-refractivity contribution < 1.29 is 23.8 Å². The third-order valence-electron chi connectivity index (χ3n) is 4.65. The molecule has 2 aromatic rings. The Labute approximate surface area is 193 Å². The highest BCUT2D eigenvalue weighted by Gasteiger charge is 2.10. The maximum absolute atomic E-state index is 12.2. The first kappa shape index (κ1) is 25.1. The zero-order chi connectivity index (χ0) is 23.3. The number of carbonyl (C=O) groups excluding carboxylic acids is 2. The van der Waals surface area contributed by atoms with Gasteiger partial charge < -0.3 is 14.2 Å². The number of methoxy groups -OCH3 is 1. The Balaban J connectivity index is 1.70. The summed E-state index contributed by atoms with van der Waals surface area (Å²) in [4.78, 5) is 24.2. The Morgan fingerprint density at radius 1 is 0.938 bits per heavy atom. The molecule has 0 aliphatic carbocycles. The van der Waals surface area contributed by atoms with E-state index >= 15 is 0 Å². The highest BCUT2D eigenvalue weighted by atomic mass is 32.1. The van der Waals surface area contributed by atoms with E-state index in [1.54, 1.807) is 31.4 Å². The van der Waals surface area contributed by atoms with Gasteiger partial charge >= 0.3 is 0 Å². The van der Waals surface area contributed by atoms with Crippen LogP contribution in [0.15, 0.2) is 48.5 Å². The van der Waals surface area contributed by atoms with Gasteiger partial charge in [0.1, 0.15) is 18.1 Å². The average Bonchev–Trinajstić information content (AvgIpc) is 2.81. The van der Waals surface area contributed by atoms with Gasteiger partial charge in [0.25, 0.3) is 11.8 Å². The molecular weight excluding hydrogens is 430 g/mol. The van der Waals surface area contributed by atoms with Gasteiger partial charge in [0.2, 0.25) is 0 Å². The molecule has 1 unspecified atom stereocenters. The number of ether oxygens (including phenoxy) is 3. The van der Waals surface area contributed by atoms with Crippen molar-refractivity contribution in [3.8, 4) is 11.5 Å². The Bertz CT molecular complexity index is 888. The molecule has 8 nitrogen and oxygen atoms in total. The number of amides is 2. The molecule has 2 aromatic carbocycles. The van der Waals surface area contributed by atoms with Gasteiger partial charge in [0.15, 0.2) is 11.7 Å². The molecule has 0 aliphatic rings. The third kappa shape index (κ3) is 8.52. The predicted octanol–water partition coefficient (Wildman–Crippen LogP) is 2.94. The van der Waals surface area contributed by atoms with Gasteiger partial charge in [0.05, 0.1) is 6.61 Å². The maximum Gasteiger partial charge on any atom is 0.276 e. The molecule has 2 amide bonds. The summed E-state index contributed by atoms with van der Waals surface area (Å²) in [5.74, 6) is 0.835. The summed E-state index contributed by atoms with van der Waals surface area (Å²) in [5.41, 5.74) is 6.48. The molecule has 0 bridgehead atoms. The van der Waals surface area contributed by atoms with Crippen LogP contribution in [-0.2, 0) is 9.53 Å². The highest BCUT2D eigenvalue weighted by molar-refractivity contribution is 7.80. The van der Waals surface area contributed by atoms with Crippen LogP contribution in [0.2, 0.25) is 0 Å². The van der Waals surface area contributed by atoms with Gasteiger partial charge in [-0.15, -0.1) is 0 Å². The third-order valence-corrected chi connectivity index (χ3v) is 4.85. The Hall–Kier alpha value is -3.17. The van der Waals surface area contributed by atoms with Crippen molar-refractivity contribution in [2.24, 2.45) is 0 Å². The second-order valence-electron chi connectivity index (χ2n) is 6.99. The quantitative estimate of drug-likeness (QED) is 0.285. The lowest BCUT2D eigenvalue weighted by molar-refractivity contribution is -0.123. The van der Waals surface area contributed by atoms with Gasteiger partial charge in [0, 0.05) is 12.7 Å². The van der Waals surface area contributed by atoms with Crippen molar-refractivity contribution in [3.63, 3.8) is 0 Å². The van der Waals surface area contributed by atoms with E-state index in [1.807, 2.05) is 24.3 Å². The fourth-order valence-electron chi connectivity index (χ4n) is 2.59. The van der Waals surface area contributed by atoms with Crippen LogP contribution in [-0.4, -0.2) is 43.9 Å². The van der Waals surface area contributed by atoms with Crippen LogP contribution in [0.3, 0.4) is 0 Å². The molecule has 32 heavy (non-hydrogen) atoms. The molecule has 0 aliphatic heterocycles. The minimum atomic E-state index is -0.440. The van der Waals surface area contributed by atoms with Crippen LogP contribution in [0, 0.1) is 0 Å². The number of rotatable bonds is 10. The molecule has 0 saturated carbocycles. The number of thiocarbonyl (C=S) groups is 1. The molecule has 0 fully saturated rings. The van der Waals surface area contributed by atoms with E-state index in [-0.39, 0.29) is 11.7 Å². The van der Waals surface area contributed by atoms with Crippen molar-refractivity contribution in [2.45, 2.75) is 26.2 Å². The number of hydrazine groups is 1. The van der Waals surface area contributed by atoms with Gasteiger partial charge in [-0.25, -0.2) is 0 Å². The first-order valence-corrected chi connectivity index (χ1v) is 10.7. The zero-order valence-corrected chi connectivity index (χ0v) is 19.3. The smallest absolute Gasteiger partial charge is 0.276 e. The Morgan fingerprint density at radius 2 is 1.56 bits per heavy atom. The summed E-state index contributed by atoms with van der Waals surface area (Å²) < 4.78 is 15.8. The SMILES string of the molecule is CCC(C)c1ccc(OCC(=O)NNC(=S)NC(=O)c2ccc(OCCOC)cc2)cc1. The molecule has 172 valence electrons. The lowest BCUT2D eigenvalue weighted by Gasteiger charge is -2.12. The lowest BCUT2D eigenvalue weighted by Crippen LogP contribution is -2.49. The van der Waals surface area contributed by atoms with E-state index in [1.165, 1.54) is 5.56 Å². The number of carbonyl (C=O) groups is 2. The van der Waals surface area contributed by atoms with Gasteiger partial charge in [-0.2, -0.15) is 0 Å². The molecule has 9 heteroatoms. The molecule has 0 radical (unpaired) electrons. The van der Waals surface area contributed by atoms with Gasteiger partial charge in [-0.1, -0.05) is 26.0 Å². The largest absolute Gasteiger partial charge is 0.491 e. The molecular formula is C23H29N3O5S. The molecule has 0 heterocycles. The summed E-state index contributed by atoms with van der Waals surface area (Å²) in [5, 5.41) is 2.44. The van der Waals surface area contributed by atoms with Crippen LogP contribution in [0.25, 0.3) is 0 Å². The van der Waals surface area contributed by atoms with Crippen molar-refractivity contribution in [1.29, 1.82) is 0 Å². The molecule has 0 spiro atoms. The number of benzene rings is 2. The maximum atomic E-state index is 12.2. The summed E-state index contributed by atoms with van der Waals surface area (Å²) in [6.45, 7) is 4.99. The number of nitrogens with one attached hydrogen (secondary N) is 3. The predicted molar refractivity (Wildman–Crippen MR) is 126 cm³/mol. The van der Waals surface area contributed by atoms with Crippen molar-refractivity contribution >= 4 is 29.1 Å². The lowest BCUT2D eigenvalue weighted by atomic mass is 9.99. The fraction of sp³-hybridized carbons (Fsp3) is 0.348. The van der Waals surface area contributed by atoms with Gasteiger partial charge in [-0.3, -0.25) is 25.8 Å². The van der Waals surface area contributed by atoms with E-state index < -0.39 is 11.8 Å². The number of hydrogen-bond acceptors (Lipinski definition) is 6. The van der Waals surface area contributed by atoms with Crippen molar-refractivity contribution in [3.05, 3.63) is 59.7 Å². The summed E-state index contributed by atoms with van der Waals surface area (Å²) in [6.07, 6.45) is 1.05.